The molecule has 0 aliphatic rings. The molecule has 0 aliphatic heterocycles. The van der Waals surface area contributed by atoms with Crippen LogP contribution < -0.4 is 4.72 Å². The minimum atomic E-state index is -4.10. The molecule has 0 heterocycles. The van der Waals surface area contributed by atoms with Crippen molar-refractivity contribution < 1.29 is 12.8 Å². The molecule has 0 aliphatic carbocycles. The van der Waals surface area contributed by atoms with Crippen molar-refractivity contribution in [3.05, 3.63) is 57.8 Å². The molecule has 3 nitrogen and oxygen atoms in total. The van der Waals surface area contributed by atoms with Gasteiger partial charge in [-0.3, -0.25) is 4.72 Å². The number of nitrogens with one attached hydrogen (secondary N) is 1. The van der Waals surface area contributed by atoms with Crippen molar-refractivity contribution in [1.29, 1.82) is 0 Å². The molecule has 2 rings (SSSR count). The first-order valence-electron chi connectivity index (χ1n) is 5.54. The zero-order valence-corrected chi connectivity index (χ0v) is 12.7. The molecular formula is C13H10Cl2FNO2S. The fourth-order valence-electron chi connectivity index (χ4n) is 1.59. The Hall–Kier alpha value is -1.30. The Bertz CT molecular complexity index is 763. The second kappa shape index (κ2) is 5.60. The monoisotopic (exact) mass is 333 g/mol. The minimum Gasteiger partial charge on any atom is -0.278 e. The zero-order chi connectivity index (χ0) is 14.9. The first-order chi connectivity index (χ1) is 9.31. The number of sulfonamides is 1. The number of hydrogen-bond donors (Lipinski definition) is 1. The van der Waals surface area contributed by atoms with Crippen LogP contribution in [0.4, 0.5) is 10.1 Å². The van der Waals surface area contributed by atoms with Crippen molar-refractivity contribution in [2.45, 2.75) is 11.8 Å². The van der Waals surface area contributed by atoms with Gasteiger partial charge in [0.05, 0.1) is 15.7 Å². The number of benzene rings is 2. The van der Waals surface area contributed by atoms with Crippen LogP contribution in [-0.2, 0) is 10.0 Å². The lowest BCUT2D eigenvalue weighted by molar-refractivity contribution is 0.570. The highest BCUT2D eigenvalue weighted by Crippen LogP contribution is 2.28. The van der Waals surface area contributed by atoms with Gasteiger partial charge in [-0.2, -0.15) is 0 Å². The van der Waals surface area contributed by atoms with E-state index in [2.05, 4.69) is 4.72 Å². The Morgan fingerprint density at radius 3 is 2.45 bits per heavy atom. The maximum atomic E-state index is 13.8. The summed E-state index contributed by atoms with van der Waals surface area (Å²) in [7, 11) is -4.10. The smallest absolute Gasteiger partial charge is 0.264 e. The topological polar surface area (TPSA) is 46.2 Å². The van der Waals surface area contributed by atoms with E-state index in [9.17, 15) is 12.8 Å². The molecule has 0 spiro atoms. The van der Waals surface area contributed by atoms with Gasteiger partial charge in [-0.05, 0) is 36.8 Å². The summed E-state index contributed by atoms with van der Waals surface area (Å²) < 4.78 is 40.3. The van der Waals surface area contributed by atoms with E-state index in [0.717, 1.165) is 11.6 Å². The molecule has 7 heteroatoms. The Labute approximate surface area is 126 Å². The summed E-state index contributed by atoms with van der Waals surface area (Å²) in [6.45, 7) is 1.82. The maximum absolute atomic E-state index is 13.8. The summed E-state index contributed by atoms with van der Waals surface area (Å²) in [5.74, 6) is -0.995. The number of aryl methyl sites for hydroxylation is 1. The second-order valence-electron chi connectivity index (χ2n) is 4.14. The van der Waals surface area contributed by atoms with Crippen molar-refractivity contribution in [1.82, 2.24) is 0 Å². The van der Waals surface area contributed by atoms with Gasteiger partial charge in [-0.1, -0.05) is 35.3 Å². The van der Waals surface area contributed by atoms with E-state index in [0.29, 0.717) is 0 Å². The van der Waals surface area contributed by atoms with Gasteiger partial charge in [0.15, 0.2) is 5.82 Å². The van der Waals surface area contributed by atoms with Gasteiger partial charge >= 0.3 is 0 Å². The van der Waals surface area contributed by atoms with Crippen LogP contribution in [0.15, 0.2) is 41.3 Å². The lowest BCUT2D eigenvalue weighted by atomic mass is 10.2. The molecule has 0 atom stereocenters. The van der Waals surface area contributed by atoms with E-state index in [1.807, 2.05) is 6.92 Å². The molecular weight excluding hydrogens is 324 g/mol. The highest BCUT2D eigenvalue weighted by Gasteiger charge is 2.21. The van der Waals surface area contributed by atoms with Crippen LogP contribution in [0.2, 0.25) is 10.0 Å². The normalized spacial score (nSPS) is 11.4. The van der Waals surface area contributed by atoms with E-state index in [1.165, 1.54) is 18.2 Å². The number of halogens is 3. The third-order valence-corrected chi connectivity index (χ3v) is 4.56. The summed E-state index contributed by atoms with van der Waals surface area (Å²) in [6, 6.07) is 8.57. The fourth-order valence-corrected chi connectivity index (χ4v) is 3.34. The Kier molecular flexibility index (Phi) is 4.22. The molecule has 0 fully saturated rings. The van der Waals surface area contributed by atoms with Crippen LogP contribution in [0.5, 0.6) is 0 Å². The summed E-state index contributed by atoms with van der Waals surface area (Å²) in [4.78, 5) is -0.526. The van der Waals surface area contributed by atoms with Crippen LogP contribution in [0.3, 0.4) is 0 Å². The predicted octanol–water partition coefficient (Wildman–Crippen LogP) is 4.24. The van der Waals surface area contributed by atoms with Crippen LogP contribution >= 0.6 is 23.2 Å². The molecule has 0 unspecified atom stereocenters. The summed E-state index contributed by atoms with van der Waals surface area (Å²) in [6.07, 6.45) is 0. The van der Waals surface area contributed by atoms with Crippen molar-refractivity contribution in [2.75, 3.05) is 4.72 Å². The molecule has 1 N–H and O–H groups in total. The predicted molar refractivity (Wildman–Crippen MR) is 78.4 cm³/mol. The summed E-state index contributed by atoms with van der Waals surface area (Å²) >= 11 is 11.5. The first-order valence-corrected chi connectivity index (χ1v) is 7.78. The van der Waals surface area contributed by atoms with E-state index in [1.54, 1.807) is 12.1 Å². The summed E-state index contributed by atoms with van der Waals surface area (Å²) in [5.41, 5.74) is 1.06. The van der Waals surface area contributed by atoms with Crippen LogP contribution in [-0.4, -0.2) is 8.42 Å². The third-order valence-electron chi connectivity index (χ3n) is 2.57. The van der Waals surface area contributed by atoms with Gasteiger partial charge in [-0.15, -0.1) is 0 Å². The second-order valence-corrected chi connectivity index (χ2v) is 6.61. The fraction of sp³-hybridized carbons (Fsp3) is 0.0769. The molecule has 0 saturated carbocycles. The van der Waals surface area contributed by atoms with Gasteiger partial charge in [0.25, 0.3) is 10.0 Å². The van der Waals surface area contributed by atoms with Gasteiger partial charge in [-0.25, -0.2) is 12.8 Å². The van der Waals surface area contributed by atoms with Gasteiger partial charge < -0.3 is 0 Å². The van der Waals surface area contributed by atoms with Crippen molar-refractivity contribution >= 4 is 38.9 Å². The lowest BCUT2D eigenvalue weighted by Crippen LogP contribution is -2.15. The number of anilines is 1. The van der Waals surface area contributed by atoms with Crippen LogP contribution in [0.25, 0.3) is 0 Å². The van der Waals surface area contributed by atoms with E-state index < -0.39 is 20.7 Å². The molecule has 2 aromatic carbocycles. The van der Waals surface area contributed by atoms with Gasteiger partial charge in [0.2, 0.25) is 0 Å². The van der Waals surface area contributed by atoms with Crippen LogP contribution in [0.1, 0.15) is 5.56 Å². The Morgan fingerprint density at radius 1 is 1.10 bits per heavy atom. The molecule has 2 aromatic rings. The van der Waals surface area contributed by atoms with Crippen LogP contribution in [0, 0.1) is 12.7 Å². The molecule has 0 aromatic heterocycles. The van der Waals surface area contributed by atoms with Gasteiger partial charge in [0.1, 0.15) is 4.90 Å². The van der Waals surface area contributed by atoms with Crippen molar-refractivity contribution in [3.63, 3.8) is 0 Å². The standard InChI is InChI=1S/C13H10Cl2FNO2S/c1-8-5-6-11(10(15)7-8)17-20(18,19)12-4-2-3-9(14)13(12)16/h2-7,17H,1H3. The maximum Gasteiger partial charge on any atom is 0.264 e. The molecule has 0 bridgehead atoms. The average Bonchev–Trinajstić information content (AvgIpc) is 2.36. The number of rotatable bonds is 3. The Balaban J connectivity index is 2.44. The first kappa shape index (κ1) is 15.1. The molecule has 0 saturated heterocycles. The van der Waals surface area contributed by atoms with E-state index in [4.69, 9.17) is 23.2 Å². The molecule has 20 heavy (non-hydrogen) atoms. The average molecular weight is 334 g/mol. The quantitative estimate of drug-likeness (QED) is 0.912. The SMILES string of the molecule is Cc1ccc(NS(=O)(=O)c2cccc(Cl)c2F)c(Cl)c1. The Morgan fingerprint density at radius 2 is 1.80 bits per heavy atom. The van der Waals surface area contributed by atoms with Crippen molar-refractivity contribution in [3.8, 4) is 0 Å². The third kappa shape index (κ3) is 3.06. The largest absolute Gasteiger partial charge is 0.278 e. The molecule has 0 amide bonds. The minimum absolute atomic E-state index is 0.177. The molecule has 106 valence electrons. The highest BCUT2D eigenvalue weighted by atomic mass is 35.5. The number of hydrogen-bond acceptors (Lipinski definition) is 2. The zero-order valence-electron chi connectivity index (χ0n) is 10.3. The van der Waals surface area contributed by atoms with Crippen molar-refractivity contribution in [2.24, 2.45) is 0 Å². The van der Waals surface area contributed by atoms with Gasteiger partial charge in [0, 0.05) is 0 Å². The highest BCUT2D eigenvalue weighted by molar-refractivity contribution is 7.92. The van der Waals surface area contributed by atoms with E-state index in [-0.39, 0.29) is 15.7 Å². The lowest BCUT2D eigenvalue weighted by Gasteiger charge is -2.11. The molecule has 0 radical (unpaired) electrons. The van der Waals surface area contributed by atoms with E-state index >= 15 is 0 Å². The summed E-state index contributed by atoms with van der Waals surface area (Å²) in [5, 5.41) is -0.0288.